The number of ether oxygens (including phenoxy) is 1. The van der Waals surface area contributed by atoms with E-state index in [0.717, 1.165) is 6.42 Å². The average molecular weight is 217 g/mol. The van der Waals surface area contributed by atoms with Crippen molar-refractivity contribution in [1.82, 2.24) is 5.32 Å². The third kappa shape index (κ3) is 10.8. The zero-order chi connectivity index (χ0) is 11.5. The second-order valence-electron chi connectivity index (χ2n) is 3.30. The molecule has 5 nitrogen and oxygen atoms in total. The fraction of sp³-hybridized carbons (Fsp3) is 0.800. The first-order chi connectivity index (χ1) is 7.16. The number of carbonyl (C=O) groups excluding carboxylic acids is 1. The molecular formula is C10H19NO4. The molecular weight excluding hydrogens is 198 g/mol. The summed E-state index contributed by atoms with van der Waals surface area (Å²) in [6.45, 7) is 1.25. The number of unbranched alkanes of at least 4 members (excludes halogenated alkanes) is 1. The van der Waals surface area contributed by atoms with Gasteiger partial charge in [-0.25, -0.2) is 0 Å². The van der Waals surface area contributed by atoms with Crippen molar-refractivity contribution in [2.45, 2.75) is 32.1 Å². The maximum atomic E-state index is 11.2. The van der Waals surface area contributed by atoms with E-state index < -0.39 is 5.97 Å². The van der Waals surface area contributed by atoms with Crippen LogP contribution in [0.4, 0.5) is 0 Å². The summed E-state index contributed by atoms with van der Waals surface area (Å²) in [4.78, 5) is 21.3. The Morgan fingerprint density at radius 1 is 1.20 bits per heavy atom. The number of hydrogen-bond donors (Lipinski definition) is 2. The zero-order valence-electron chi connectivity index (χ0n) is 9.12. The molecule has 15 heavy (non-hydrogen) atoms. The van der Waals surface area contributed by atoms with Crippen LogP contribution < -0.4 is 5.32 Å². The lowest BCUT2D eigenvalue weighted by Gasteiger charge is -2.03. The predicted octanol–water partition coefficient (Wildman–Crippen LogP) is 0.784. The molecule has 0 radical (unpaired) electrons. The third-order valence-corrected chi connectivity index (χ3v) is 1.89. The Bertz CT molecular complexity index is 194. The molecule has 0 aliphatic heterocycles. The van der Waals surface area contributed by atoms with Crippen molar-refractivity contribution in [3.05, 3.63) is 0 Å². The van der Waals surface area contributed by atoms with E-state index in [0.29, 0.717) is 32.4 Å². The Morgan fingerprint density at radius 2 is 1.87 bits per heavy atom. The maximum absolute atomic E-state index is 11.2. The van der Waals surface area contributed by atoms with Crippen LogP contribution in [0, 0.1) is 0 Å². The van der Waals surface area contributed by atoms with Crippen molar-refractivity contribution in [2.24, 2.45) is 0 Å². The lowest BCUT2D eigenvalue weighted by Crippen LogP contribution is -2.24. The second-order valence-corrected chi connectivity index (χ2v) is 3.30. The Labute approximate surface area is 89.8 Å². The van der Waals surface area contributed by atoms with Gasteiger partial charge in [0.15, 0.2) is 0 Å². The molecule has 0 aromatic carbocycles. The van der Waals surface area contributed by atoms with Crippen LogP contribution in [-0.4, -0.2) is 37.2 Å². The van der Waals surface area contributed by atoms with Gasteiger partial charge in [0, 0.05) is 33.1 Å². The number of rotatable bonds is 9. The smallest absolute Gasteiger partial charge is 0.303 e. The highest BCUT2D eigenvalue weighted by Gasteiger charge is 2.01. The number of hydrogen-bond acceptors (Lipinski definition) is 3. The van der Waals surface area contributed by atoms with Gasteiger partial charge in [-0.05, 0) is 19.3 Å². The highest BCUT2D eigenvalue weighted by atomic mass is 16.5. The van der Waals surface area contributed by atoms with Crippen molar-refractivity contribution >= 4 is 11.9 Å². The number of amides is 1. The molecule has 0 saturated carbocycles. The molecule has 2 N–H and O–H groups in total. The summed E-state index contributed by atoms with van der Waals surface area (Å²) in [7, 11) is 1.62. The van der Waals surface area contributed by atoms with E-state index in [1.165, 1.54) is 0 Å². The Balaban J connectivity index is 3.22. The zero-order valence-corrected chi connectivity index (χ0v) is 9.12. The lowest BCUT2D eigenvalue weighted by molar-refractivity contribution is -0.137. The van der Waals surface area contributed by atoms with E-state index in [1.54, 1.807) is 7.11 Å². The molecule has 0 unspecified atom stereocenters. The van der Waals surface area contributed by atoms with Gasteiger partial charge in [-0.15, -0.1) is 0 Å². The molecule has 0 atom stereocenters. The Kier molecular flexibility index (Phi) is 8.76. The molecule has 0 aliphatic rings. The largest absolute Gasteiger partial charge is 0.481 e. The summed E-state index contributed by atoms with van der Waals surface area (Å²) in [6, 6.07) is 0. The van der Waals surface area contributed by atoms with Crippen LogP contribution in [0.2, 0.25) is 0 Å². The molecule has 88 valence electrons. The van der Waals surface area contributed by atoms with Crippen LogP contribution in [0.15, 0.2) is 0 Å². The minimum Gasteiger partial charge on any atom is -0.481 e. The fourth-order valence-electron chi connectivity index (χ4n) is 1.09. The molecule has 0 bridgehead atoms. The van der Waals surface area contributed by atoms with E-state index in [4.69, 9.17) is 9.84 Å². The third-order valence-electron chi connectivity index (χ3n) is 1.89. The standard InChI is InChI=1S/C10H19NO4/c1-15-8-4-7-11-9(12)5-2-3-6-10(13)14/h2-8H2,1H3,(H,11,12)(H,13,14). The minimum atomic E-state index is -0.810. The van der Waals surface area contributed by atoms with Gasteiger partial charge in [-0.3, -0.25) is 9.59 Å². The number of aliphatic carboxylic acids is 1. The van der Waals surface area contributed by atoms with Crippen LogP contribution >= 0.6 is 0 Å². The average Bonchev–Trinajstić information content (AvgIpc) is 2.19. The highest BCUT2D eigenvalue weighted by molar-refractivity contribution is 5.75. The van der Waals surface area contributed by atoms with Gasteiger partial charge in [0.2, 0.25) is 5.91 Å². The van der Waals surface area contributed by atoms with E-state index in [9.17, 15) is 9.59 Å². The normalized spacial score (nSPS) is 9.93. The van der Waals surface area contributed by atoms with Crippen molar-refractivity contribution in [2.75, 3.05) is 20.3 Å². The predicted molar refractivity (Wildman–Crippen MR) is 55.6 cm³/mol. The van der Waals surface area contributed by atoms with Gasteiger partial charge < -0.3 is 15.2 Å². The van der Waals surface area contributed by atoms with Crippen molar-refractivity contribution in [1.29, 1.82) is 0 Å². The van der Waals surface area contributed by atoms with Crippen molar-refractivity contribution in [3.8, 4) is 0 Å². The van der Waals surface area contributed by atoms with Crippen LogP contribution in [0.1, 0.15) is 32.1 Å². The SMILES string of the molecule is COCCCNC(=O)CCCCC(=O)O. The van der Waals surface area contributed by atoms with Crippen molar-refractivity contribution in [3.63, 3.8) is 0 Å². The van der Waals surface area contributed by atoms with Crippen LogP contribution in [0.25, 0.3) is 0 Å². The molecule has 0 rings (SSSR count). The monoisotopic (exact) mass is 217 g/mol. The topological polar surface area (TPSA) is 75.6 Å². The highest BCUT2D eigenvalue weighted by Crippen LogP contribution is 1.99. The van der Waals surface area contributed by atoms with Crippen LogP contribution in [-0.2, 0) is 14.3 Å². The van der Waals surface area contributed by atoms with Gasteiger partial charge in [0.05, 0.1) is 0 Å². The van der Waals surface area contributed by atoms with Gasteiger partial charge in [0.25, 0.3) is 0 Å². The first-order valence-electron chi connectivity index (χ1n) is 5.14. The summed E-state index contributed by atoms with van der Waals surface area (Å²) < 4.78 is 4.83. The van der Waals surface area contributed by atoms with Gasteiger partial charge in [-0.1, -0.05) is 0 Å². The van der Waals surface area contributed by atoms with E-state index in [2.05, 4.69) is 5.32 Å². The summed E-state index contributed by atoms with van der Waals surface area (Å²) in [5.41, 5.74) is 0. The summed E-state index contributed by atoms with van der Waals surface area (Å²) in [5, 5.41) is 11.1. The summed E-state index contributed by atoms with van der Waals surface area (Å²) in [5.74, 6) is -0.827. The van der Waals surface area contributed by atoms with Gasteiger partial charge in [0.1, 0.15) is 0 Å². The number of carboxylic acid groups (broad SMARTS) is 1. The van der Waals surface area contributed by atoms with Gasteiger partial charge in [-0.2, -0.15) is 0 Å². The van der Waals surface area contributed by atoms with Crippen molar-refractivity contribution < 1.29 is 19.4 Å². The number of nitrogens with one attached hydrogen (secondary N) is 1. The summed E-state index contributed by atoms with van der Waals surface area (Å²) in [6.07, 6.45) is 2.53. The molecule has 0 aromatic rings. The maximum Gasteiger partial charge on any atom is 0.303 e. The molecule has 0 aromatic heterocycles. The first kappa shape index (κ1) is 13.9. The minimum absolute atomic E-state index is 0.0171. The second kappa shape index (κ2) is 9.45. The van der Waals surface area contributed by atoms with Crippen LogP contribution in [0.5, 0.6) is 0 Å². The molecule has 0 fully saturated rings. The molecule has 0 heterocycles. The summed E-state index contributed by atoms with van der Waals surface area (Å²) >= 11 is 0. The fourth-order valence-corrected chi connectivity index (χ4v) is 1.09. The lowest BCUT2D eigenvalue weighted by atomic mass is 10.2. The number of carbonyl (C=O) groups is 2. The van der Waals surface area contributed by atoms with Crippen LogP contribution in [0.3, 0.4) is 0 Å². The number of carboxylic acids is 1. The first-order valence-corrected chi connectivity index (χ1v) is 5.14. The van der Waals surface area contributed by atoms with E-state index in [1.807, 2.05) is 0 Å². The molecule has 0 spiro atoms. The van der Waals surface area contributed by atoms with Gasteiger partial charge >= 0.3 is 5.97 Å². The Morgan fingerprint density at radius 3 is 2.47 bits per heavy atom. The number of methoxy groups -OCH3 is 1. The van der Waals surface area contributed by atoms with E-state index in [-0.39, 0.29) is 12.3 Å². The quantitative estimate of drug-likeness (QED) is 0.560. The molecule has 0 saturated heterocycles. The van der Waals surface area contributed by atoms with E-state index >= 15 is 0 Å². The Hall–Kier alpha value is -1.10. The molecule has 5 heteroatoms. The molecule has 1 amide bonds. The molecule has 0 aliphatic carbocycles.